The van der Waals surface area contributed by atoms with Gasteiger partial charge in [-0.2, -0.15) is 19.0 Å². The SMILES string of the molecule is Cc1c(F)nc2ccc(Cl)nn2c1=O. The van der Waals surface area contributed by atoms with Gasteiger partial charge in [-0.25, -0.2) is 0 Å². The zero-order chi connectivity index (χ0) is 10.3. The van der Waals surface area contributed by atoms with Gasteiger partial charge in [-0.3, -0.25) is 4.79 Å². The van der Waals surface area contributed by atoms with E-state index in [2.05, 4.69) is 10.1 Å². The third-order valence-electron chi connectivity index (χ3n) is 1.82. The molecule has 2 aromatic rings. The van der Waals surface area contributed by atoms with E-state index in [4.69, 9.17) is 11.6 Å². The van der Waals surface area contributed by atoms with Gasteiger partial charge in [-0.15, -0.1) is 0 Å². The zero-order valence-corrected chi connectivity index (χ0v) is 7.92. The van der Waals surface area contributed by atoms with E-state index < -0.39 is 11.5 Å². The Morgan fingerprint density at radius 1 is 1.50 bits per heavy atom. The van der Waals surface area contributed by atoms with Gasteiger partial charge in [0.1, 0.15) is 5.15 Å². The van der Waals surface area contributed by atoms with E-state index in [-0.39, 0.29) is 16.4 Å². The van der Waals surface area contributed by atoms with Crippen molar-refractivity contribution in [3.8, 4) is 0 Å². The number of fused-ring (bicyclic) bond motifs is 1. The van der Waals surface area contributed by atoms with Crippen LogP contribution in [0.1, 0.15) is 5.56 Å². The molecule has 6 heteroatoms. The molecule has 0 radical (unpaired) electrons. The van der Waals surface area contributed by atoms with Crippen molar-refractivity contribution in [2.45, 2.75) is 6.92 Å². The van der Waals surface area contributed by atoms with Crippen molar-refractivity contribution < 1.29 is 4.39 Å². The Morgan fingerprint density at radius 3 is 2.93 bits per heavy atom. The van der Waals surface area contributed by atoms with Crippen molar-refractivity contribution in [2.24, 2.45) is 0 Å². The number of hydrogen-bond acceptors (Lipinski definition) is 3. The largest absolute Gasteiger partial charge is 0.280 e. The second kappa shape index (κ2) is 3.02. The minimum Gasteiger partial charge on any atom is -0.267 e. The van der Waals surface area contributed by atoms with Gasteiger partial charge in [0.25, 0.3) is 5.56 Å². The third-order valence-corrected chi connectivity index (χ3v) is 2.02. The minimum absolute atomic E-state index is 0.0720. The Morgan fingerprint density at radius 2 is 2.21 bits per heavy atom. The van der Waals surface area contributed by atoms with E-state index in [1.165, 1.54) is 19.1 Å². The first-order valence-electron chi connectivity index (χ1n) is 3.81. The van der Waals surface area contributed by atoms with Crippen LogP contribution in [0, 0.1) is 12.9 Å². The van der Waals surface area contributed by atoms with Crippen LogP contribution in [0.4, 0.5) is 4.39 Å². The molecule has 0 aliphatic heterocycles. The molecule has 72 valence electrons. The fraction of sp³-hybridized carbons (Fsp3) is 0.125. The van der Waals surface area contributed by atoms with Crippen molar-refractivity contribution >= 4 is 17.2 Å². The molecule has 0 bridgehead atoms. The Kier molecular flexibility index (Phi) is 1.96. The average molecular weight is 214 g/mol. The van der Waals surface area contributed by atoms with Crippen molar-refractivity contribution in [3.05, 3.63) is 39.2 Å². The van der Waals surface area contributed by atoms with E-state index in [0.29, 0.717) is 0 Å². The minimum atomic E-state index is -0.779. The Balaban J connectivity index is 2.99. The summed E-state index contributed by atoms with van der Waals surface area (Å²) < 4.78 is 14.0. The normalized spacial score (nSPS) is 10.8. The van der Waals surface area contributed by atoms with E-state index in [1.807, 2.05) is 0 Å². The standard InChI is InChI=1S/C8H5ClFN3O/c1-4-7(10)11-6-3-2-5(9)12-13(6)8(4)14/h2-3H,1H3. The molecule has 0 fully saturated rings. The van der Waals surface area contributed by atoms with Crippen molar-refractivity contribution in [1.82, 2.24) is 14.6 Å². The van der Waals surface area contributed by atoms with Crippen LogP contribution in [0.25, 0.3) is 5.65 Å². The van der Waals surface area contributed by atoms with Crippen LogP contribution < -0.4 is 5.56 Å². The Bertz CT molecular complexity index is 566. The molecule has 0 aromatic carbocycles. The maximum absolute atomic E-state index is 13.0. The molecule has 0 spiro atoms. The monoisotopic (exact) mass is 213 g/mol. The summed E-state index contributed by atoms with van der Waals surface area (Å²) in [5.41, 5.74) is -0.477. The van der Waals surface area contributed by atoms with Gasteiger partial charge in [-0.1, -0.05) is 11.6 Å². The highest BCUT2D eigenvalue weighted by atomic mass is 35.5. The lowest BCUT2D eigenvalue weighted by Gasteiger charge is -2.00. The van der Waals surface area contributed by atoms with E-state index in [9.17, 15) is 9.18 Å². The average Bonchev–Trinajstić information content (AvgIpc) is 2.16. The number of halogens is 2. The van der Waals surface area contributed by atoms with Crippen LogP contribution in [0.3, 0.4) is 0 Å². The lowest BCUT2D eigenvalue weighted by Crippen LogP contribution is -2.21. The number of nitrogens with zero attached hydrogens (tertiary/aromatic N) is 3. The van der Waals surface area contributed by atoms with Crippen LogP contribution in [-0.4, -0.2) is 14.6 Å². The predicted molar refractivity (Wildman–Crippen MR) is 49.0 cm³/mol. The van der Waals surface area contributed by atoms with Crippen LogP contribution in [0.5, 0.6) is 0 Å². The predicted octanol–water partition coefficient (Wildman–Crippen LogP) is 1.19. The third kappa shape index (κ3) is 1.26. The maximum atomic E-state index is 13.0. The topological polar surface area (TPSA) is 47.3 Å². The van der Waals surface area contributed by atoms with Gasteiger partial charge in [0.2, 0.25) is 5.95 Å². The first-order valence-corrected chi connectivity index (χ1v) is 4.19. The first kappa shape index (κ1) is 9.08. The van der Waals surface area contributed by atoms with Crippen molar-refractivity contribution in [2.75, 3.05) is 0 Å². The molecule has 0 amide bonds. The zero-order valence-electron chi connectivity index (χ0n) is 7.16. The molecule has 0 saturated carbocycles. The maximum Gasteiger partial charge on any atom is 0.280 e. The molecule has 0 N–H and O–H groups in total. The van der Waals surface area contributed by atoms with Crippen LogP contribution in [0.2, 0.25) is 5.15 Å². The highest BCUT2D eigenvalue weighted by Gasteiger charge is 2.08. The number of aromatic nitrogens is 3. The number of hydrogen-bond donors (Lipinski definition) is 0. The summed E-state index contributed by atoms with van der Waals surface area (Å²) in [7, 11) is 0. The molecule has 0 atom stereocenters. The lowest BCUT2D eigenvalue weighted by atomic mass is 10.4. The molecule has 4 nitrogen and oxygen atoms in total. The molecule has 2 aromatic heterocycles. The Hall–Kier alpha value is -1.49. The van der Waals surface area contributed by atoms with Gasteiger partial charge in [-0.05, 0) is 19.1 Å². The van der Waals surface area contributed by atoms with Crippen molar-refractivity contribution in [3.63, 3.8) is 0 Å². The summed E-state index contributed by atoms with van der Waals surface area (Å²) in [4.78, 5) is 15.0. The molecular formula is C8H5ClFN3O. The molecule has 2 rings (SSSR count). The molecule has 0 saturated heterocycles. The van der Waals surface area contributed by atoms with Crippen LogP contribution in [0.15, 0.2) is 16.9 Å². The summed E-state index contributed by atoms with van der Waals surface area (Å²) in [5.74, 6) is -0.779. The lowest BCUT2D eigenvalue weighted by molar-refractivity contribution is 0.566. The van der Waals surface area contributed by atoms with Crippen LogP contribution in [-0.2, 0) is 0 Å². The molecule has 0 aliphatic carbocycles. The summed E-state index contributed by atoms with van der Waals surface area (Å²) in [6.07, 6.45) is 0. The first-order chi connectivity index (χ1) is 6.59. The van der Waals surface area contributed by atoms with E-state index >= 15 is 0 Å². The number of rotatable bonds is 0. The summed E-state index contributed by atoms with van der Waals surface area (Å²) >= 11 is 5.59. The second-order valence-corrected chi connectivity index (χ2v) is 3.15. The molecule has 0 aliphatic rings. The molecular weight excluding hydrogens is 209 g/mol. The molecule has 2 heterocycles. The van der Waals surface area contributed by atoms with Crippen molar-refractivity contribution in [1.29, 1.82) is 0 Å². The summed E-state index contributed by atoms with van der Waals surface area (Å²) in [6.45, 7) is 1.35. The Labute approximate surface area is 83.0 Å². The quantitative estimate of drug-likeness (QED) is 0.618. The van der Waals surface area contributed by atoms with Crippen LogP contribution >= 0.6 is 11.6 Å². The highest BCUT2D eigenvalue weighted by Crippen LogP contribution is 2.05. The van der Waals surface area contributed by atoms with Gasteiger partial charge in [0.05, 0.1) is 5.56 Å². The summed E-state index contributed by atoms with van der Waals surface area (Å²) in [5, 5.41) is 3.88. The van der Waals surface area contributed by atoms with Gasteiger partial charge in [0, 0.05) is 0 Å². The fourth-order valence-corrected chi connectivity index (χ4v) is 1.20. The van der Waals surface area contributed by atoms with Gasteiger partial charge < -0.3 is 0 Å². The summed E-state index contributed by atoms with van der Waals surface area (Å²) in [6, 6.07) is 2.87. The van der Waals surface area contributed by atoms with E-state index in [1.54, 1.807) is 0 Å². The highest BCUT2D eigenvalue weighted by molar-refractivity contribution is 6.29. The van der Waals surface area contributed by atoms with E-state index in [0.717, 1.165) is 4.52 Å². The fourth-order valence-electron chi connectivity index (χ4n) is 1.06. The second-order valence-electron chi connectivity index (χ2n) is 2.76. The van der Waals surface area contributed by atoms with Gasteiger partial charge >= 0.3 is 0 Å². The molecule has 14 heavy (non-hydrogen) atoms. The molecule has 0 unspecified atom stereocenters. The van der Waals surface area contributed by atoms with Gasteiger partial charge in [0.15, 0.2) is 5.65 Å². The smallest absolute Gasteiger partial charge is 0.267 e.